The van der Waals surface area contributed by atoms with Crippen molar-refractivity contribution in [2.45, 2.75) is 18.6 Å². The Morgan fingerprint density at radius 1 is 1.77 bits per heavy atom. The van der Waals surface area contributed by atoms with E-state index in [2.05, 4.69) is 4.99 Å². The van der Waals surface area contributed by atoms with Gasteiger partial charge in [-0.25, -0.2) is 4.99 Å². The highest BCUT2D eigenvalue weighted by Gasteiger charge is 2.27. The van der Waals surface area contributed by atoms with Crippen LogP contribution in [-0.2, 0) is 0 Å². The molecule has 0 bridgehead atoms. The van der Waals surface area contributed by atoms with Gasteiger partial charge in [-0.2, -0.15) is 0 Å². The average molecular weight is 196 g/mol. The molecule has 0 radical (unpaired) electrons. The Labute approximate surface area is 79.6 Å². The van der Waals surface area contributed by atoms with Gasteiger partial charge in [0.25, 0.3) is 5.70 Å². The van der Waals surface area contributed by atoms with E-state index >= 15 is 0 Å². The topological polar surface area (TPSA) is 55.5 Å². The highest BCUT2D eigenvalue weighted by molar-refractivity contribution is 8.14. The molecule has 0 N–H and O–H groups in total. The van der Waals surface area contributed by atoms with Crippen LogP contribution in [0, 0.1) is 10.1 Å². The third kappa shape index (κ3) is 1.51. The van der Waals surface area contributed by atoms with Crippen LogP contribution in [0.3, 0.4) is 0 Å². The smallest absolute Gasteiger partial charge is 0.258 e. The number of allylic oxidation sites excluding steroid dienone is 2. The zero-order chi connectivity index (χ0) is 9.42. The van der Waals surface area contributed by atoms with E-state index in [1.54, 1.807) is 23.9 Å². The molecule has 0 aromatic rings. The fourth-order valence-corrected chi connectivity index (χ4v) is 2.41. The van der Waals surface area contributed by atoms with Crippen LogP contribution in [0.5, 0.6) is 0 Å². The molecule has 0 amide bonds. The summed E-state index contributed by atoms with van der Waals surface area (Å²) in [7, 11) is 0. The van der Waals surface area contributed by atoms with Gasteiger partial charge in [0.15, 0.2) is 0 Å². The van der Waals surface area contributed by atoms with E-state index in [0.29, 0.717) is 11.7 Å². The Morgan fingerprint density at radius 2 is 2.54 bits per heavy atom. The zero-order valence-electron chi connectivity index (χ0n) is 7.06. The minimum atomic E-state index is -0.364. The number of rotatable bonds is 1. The molecule has 1 atom stereocenters. The van der Waals surface area contributed by atoms with Crippen LogP contribution in [0.25, 0.3) is 0 Å². The summed E-state index contributed by atoms with van der Waals surface area (Å²) in [6, 6.07) is 0. The van der Waals surface area contributed by atoms with E-state index in [1.165, 1.54) is 0 Å². The summed E-state index contributed by atoms with van der Waals surface area (Å²) >= 11 is 1.68. The van der Waals surface area contributed by atoms with Crippen LogP contribution in [0.4, 0.5) is 0 Å². The van der Waals surface area contributed by atoms with Crippen molar-refractivity contribution >= 4 is 16.8 Å². The first kappa shape index (κ1) is 8.50. The second kappa shape index (κ2) is 2.99. The first-order valence-corrected chi connectivity index (χ1v) is 4.83. The molecule has 68 valence electrons. The van der Waals surface area contributed by atoms with E-state index in [1.807, 2.05) is 6.92 Å². The summed E-state index contributed by atoms with van der Waals surface area (Å²) in [4.78, 5) is 14.3. The molecule has 0 spiro atoms. The van der Waals surface area contributed by atoms with Gasteiger partial charge < -0.3 is 0 Å². The Kier molecular flexibility index (Phi) is 1.95. The van der Waals surface area contributed by atoms with Crippen molar-refractivity contribution in [2.75, 3.05) is 0 Å². The molecule has 1 heterocycles. The van der Waals surface area contributed by atoms with Crippen molar-refractivity contribution in [3.8, 4) is 0 Å². The second-order valence-electron chi connectivity index (χ2n) is 2.93. The van der Waals surface area contributed by atoms with Crippen molar-refractivity contribution in [2.24, 2.45) is 4.99 Å². The van der Waals surface area contributed by atoms with E-state index in [0.717, 1.165) is 10.7 Å². The number of fused-ring (bicyclic) bond motifs is 1. The molecule has 1 aliphatic heterocycles. The number of nitrogens with zero attached hydrogens (tertiary/aromatic N) is 2. The molecule has 0 saturated heterocycles. The summed E-state index contributed by atoms with van der Waals surface area (Å²) < 4.78 is 0. The molecule has 5 heteroatoms. The molecule has 0 saturated carbocycles. The fraction of sp³-hybridized carbons (Fsp3) is 0.375. The molecule has 0 fully saturated rings. The predicted octanol–water partition coefficient (Wildman–Crippen LogP) is 1.97. The van der Waals surface area contributed by atoms with Gasteiger partial charge in [-0.15, -0.1) is 11.8 Å². The summed E-state index contributed by atoms with van der Waals surface area (Å²) in [6.45, 7) is 1.93. The lowest BCUT2D eigenvalue weighted by atomic mass is 10.1. The third-order valence-electron chi connectivity index (χ3n) is 1.98. The zero-order valence-corrected chi connectivity index (χ0v) is 7.87. The molecule has 4 nitrogen and oxygen atoms in total. The van der Waals surface area contributed by atoms with Gasteiger partial charge in [0.05, 0.1) is 20.9 Å². The SMILES string of the molecule is CC1=NC2=CC([N+](=O)[O-])=CCC2S1. The molecular formula is C8H8N2O2S. The largest absolute Gasteiger partial charge is 0.267 e. The van der Waals surface area contributed by atoms with Crippen LogP contribution in [0.2, 0.25) is 0 Å². The first-order chi connectivity index (χ1) is 6.16. The highest BCUT2D eigenvalue weighted by Crippen LogP contribution is 2.35. The van der Waals surface area contributed by atoms with Crippen molar-refractivity contribution in [3.05, 3.63) is 33.7 Å². The van der Waals surface area contributed by atoms with E-state index in [9.17, 15) is 10.1 Å². The molecule has 0 aromatic carbocycles. The van der Waals surface area contributed by atoms with Crippen LogP contribution in [0.1, 0.15) is 13.3 Å². The predicted molar refractivity (Wildman–Crippen MR) is 52.3 cm³/mol. The number of hydrogen-bond donors (Lipinski definition) is 0. The fourth-order valence-electron chi connectivity index (χ4n) is 1.41. The lowest BCUT2D eigenvalue weighted by Crippen LogP contribution is -2.08. The quantitative estimate of drug-likeness (QED) is 0.476. The van der Waals surface area contributed by atoms with Gasteiger partial charge >= 0.3 is 0 Å². The third-order valence-corrected chi connectivity index (χ3v) is 3.13. The highest BCUT2D eigenvalue weighted by atomic mass is 32.2. The molecular weight excluding hydrogens is 188 g/mol. The van der Waals surface area contributed by atoms with Gasteiger partial charge in [0.2, 0.25) is 0 Å². The molecule has 0 aromatic heterocycles. The lowest BCUT2D eigenvalue weighted by Gasteiger charge is -2.09. The van der Waals surface area contributed by atoms with Gasteiger partial charge in [-0.1, -0.05) is 0 Å². The van der Waals surface area contributed by atoms with Gasteiger partial charge in [-0.05, 0) is 19.4 Å². The van der Waals surface area contributed by atoms with Crippen molar-refractivity contribution < 1.29 is 4.92 Å². The summed E-state index contributed by atoms with van der Waals surface area (Å²) in [5, 5.41) is 11.8. The Hall–Kier alpha value is -1.10. The van der Waals surface area contributed by atoms with Crippen LogP contribution in [0.15, 0.2) is 28.5 Å². The summed E-state index contributed by atoms with van der Waals surface area (Å²) in [5.74, 6) is 0. The summed E-state index contributed by atoms with van der Waals surface area (Å²) in [5.41, 5.74) is 1.02. The average Bonchev–Trinajstić information content (AvgIpc) is 2.42. The number of hydrogen-bond acceptors (Lipinski definition) is 4. The minimum absolute atomic E-state index is 0.172. The number of thioether (sulfide) groups is 1. The van der Waals surface area contributed by atoms with Gasteiger partial charge in [0, 0.05) is 6.08 Å². The maximum absolute atomic E-state index is 10.5. The normalized spacial score (nSPS) is 25.9. The lowest BCUT2D eigenvalue weighted by molar-refractivity contribution is -0.419. The first-order valence-electron chi connectivity index (χ1n) is 3.95. The van der Waals surface area contributed by atoms with Crippen LogP contribution in [-0.4, -0.2) is 15.2 Å². The Bertz CT molecular complexity index is 357. The maximum Gasteiger partial charge on any atom is 0.267 e. The van der Waals surface area contributed by atoms with E-state index in [-0.39, 0.29) is 10.6 Å². The molecule has 13 heavy (non-hydrogen) atoms. The van der Waals surface area contributed by atoms with Crippen LogP contribution >= 0.6 is 11.8 Å². The molecule has 1 aliphatic carbocycles. The van der Waals surface area contributed by atoms with Gasteiger partial charge in [-0.3, -0.25) is 10.1 Å². The minimum Gasteiger partial charge on any atom is -0.258 e. The monoisotopic (exact) mass is 196 g/mol. The van der Waals surface area contributed by atoms with Crippen molar-refractivity contribution in [3.63, 3.8) is 0 Å². The van der Waals surface area contributed by atoms with E-state index in [4.69, 9.17) is 0 Å². The standard InChI is InChI=1S/C8H8N2O2S/c1-5-9-7-4-6(10(11)12)2-3-8(7)13-5/h2,4,8H,3H2,1H3. The summed E-state index contributed by atoms with van der Waals surface area (Å²) in [6.07, 6.45) is 3.95. The molecule has 2 aliphatic rings. The maximum atomic E-state index is 10.5. The van der Waals surface area contributed by atoms with Gasteiger partial charge in [0.1, 0.15) is 0 Å². The molecule has 1 unspecified atom stereocenters. The molecule has 2 rings (SSSR count). The Morgan fingerprint density at radius 3 is 3.23 bits per heavy atom. The van der Waals surface area contributed by atoms with Crippen LogP contribution < -0.4 is 0 Å². The van der Waals surface area contributed by atoms with Crippen molar-refractivity contribution in [1.29, 1.82) is 0 Å². The number of aliphatic imine (C=N–C) groups is 1. The number of nitro groups is 1. The van der Waals surface area contributed by atoms with Crippen molar-refractivity contribution in [1.82, 2.24) is 0 Å². The Balaban J connectivity index is 2.29. The van der Waals surface area contributed by atoms with E-state index < -0.39 is 0 Å². The second-order valence-corrected chi connectivity index (χ2v) is 4.32.